The van der Waals surface area contributed by atoms with Crippen LogP contribution in [0, 0.1) is 0 Å². The minimum atomic E-state index is 0.645. The Morgan fingerprint density at radius 3 is 3.00 bits per heavy atom. The van der Waals surface area contributed by atoms with E-state index in [-0.39, 0.29) is 0 Å². The van der Waals surface area contributed by atoms with Crippen LogP contribution < -0.4 is 5.73 Å². The van der Waals surface area contributed by atoms with Crippen LogP contribution in [0.2, 0.25) is 0 Å². The quantitative estimate of drug-likeness (QED) is 0.638. The lowest BCUT2D eigenvalue weighted by Crippen LogP contribution is -2.01. The van der Waals surface area contributed by atoms with E-state index in [1.807, 2.05) is 28.8 Å². The fourth-order valence-electron chi connectivity index (χ4n) is 1.58. The van der Waals surface area contributed by atoms with E-state index in [0.717, 1.165) is 11.5 Å². The lowest BCUT2D eigenvalue weighted by Gasteiger charge is -2.03. The third-order valence-corrected chi connectivity index (χ3v) is 2.24. The van der Waals surface area contributed by atoms with Gasteiger partial charge in [0.05, 0.1) is 18.1 Å². The number of anilines is 1. The highest BCUT2D eigenvalue weighted by Gasteiger charge is 2.03. The van der Waals surface area contributed by atoms with Gasteiger partial charge in [0.25, 0.3) is 0 Å². The van der Waals surface area contributed by atoms with Crippen LogP contribution in [0.4, 0.5) is 5.69 Å². The molecule has 3 heterocycles. The normalized spacial score (nSPS) is 10.9. The number of fused-ring (bicyclic) bond motifs is 1. The summed E-state index contributed by atoms with van der Waals surface area (Å²) in [6, 6.07) is 5.84. The van der Waals surface area contributed by atoms with Crippen molar-refractivity contribution in [3.8, 4) is 5.82 Å². The van der Waals surface area contributed by atoms with Crippen molar-refractivity contribution >= 4 is 11.3 Å². The topological polar surface area (TPSA) is 61.1 Å². The number of nitrogen functional groups attached to an aromatic ring is 1. The highest BCUT2D eigenvalue weighted by atomic mass is 15.3. The Morgan fingerprint density at radius 2 is 2.20 bits per heavy atom. The molecule has 0 spiro atoms. The number of rotatable bonds is 1. The van der Waals surface area contributed by atoms with Gasteiger partial charge in [-0.3, -0.25) is 4.40 Å². The molecule has 0 aliphatic carbocycles. The standard InChI is InChI=1S/C10H9N5/c11-8-6-13-15(7-8)10-3-1-2-9-12-4-5-14(9)10/h1-7H,11H2. The van der Waals surface area contributed by atoms with Gasteiger partial charge in [-0.05, 0) is 12.1 Å². The molecular weight excluding hydrogens is 190 g/mol. The van der Waals surface area contributed by atoms with E-state index in [1.165, 1.54) is 0 Å². The van der Waals surface area contributed by atoms with E-state index in [1.54, 1.807) is 23.3 Å². The van der Waals surface area contributed by atoms with E-state index < -0.39 is 0 Å². The monoisotopic (exact) mass is 199 g/mol. The maximum atomic E-state index is 5.63. The Kier molecular flexibility index (Phi) is 1.53. The lowest BCUT2D eigenvalue weighted by molar-refractivity contribution is 0.830. The van der Waals surface area contributed by atoms with E-state index >= 15 is 0 Å². The molecule has 0 atom stereocenters. The van der Waals surface area contributed by atoms with Crippen LogP contribution in [0.1, 0.15) is 0 Å². The number of pyridine rings is 1. The molecule has 3 rings (SSSR count). The number of hydrogen-bond acceptors (Lipinski definition) is 3. The summed E-state index contributed by atoms with van der Waals surface area (Å²) in [5, 5.41) is 4.16. The Hall–Kier alpha value is -2.30. The Morgan fingerprint density at radius 1 is 1.27 bits per heavy atom. The fraction of sp³-hybridized carbons (Fsp3) is 0. The maximum Gasteiger partial charge on any atom is 0.139 e. The molecule has 74 valence electrons. The van der Waals surface area contributed by atoms with Crippen LogP contribution in [-0.2, 0) is 0 Å². The summed E-state index contributed by atoms with van der Waals surface area (Å²) in [6.45, 7) is 0. The lowest BCUT2D eigenvalue weighted by atomic mass is 10.4. The SMILES string of the molecule is Nc1cnn(-c2cccc3nccn23)c1. The van der Waals surface area contributed by atoms with E-state index in [0.29, 0.717) is 5.69 Å². The van der Waals surface area contributed by atoms with Crippen molar-refractivity contribution in [3.63, 3.8) is 0 Å². The Bertz CT molecular complexity index is 607. The number of aromatic nitrogens is 4. The molecule has 0 bridgehead atoms. The summed E-state index contributed by atoms with van der Waals surface area (Å²) in [5.41, 5.74) is 7.16. The Labute approximate surface area is 85.8 Å². The molecule has 2 N–H and O–H groups in total. The van der Waals surface area contributed by atoms with Crippen molar-refractivity contribution in [1.29, 1.82) is 0 Å². The summed E-state index contributed by atoms with van der Waals surface area (Å²) in [7, 11) is 0. The van der Waals surface area contributed by atoms with Crippen molar-refractivity contribution in [2.24, 2.45) is 0 Å². The van der Waals surface area contributed by atoms with Gasteiger partial charge in [-0.2, -0.15) is 5.10 Å². The molecule has 0 radical (unpaired) electrons. The zero-order valence-electron chi connectivity index (χ0n) is 7.91. The first-order chi connectivity index (χ1) is 7.34. The molecular formula is C10H9N5. The zero-order valence-corrected chi connectivity index (χ0v) is 7.91. The second-order valence-corrected chi connectivity index (χ2v) is 3.26. The first-order valence-corrected chi connectivity index (χ1v) is 4.57. The molecule has 3 aromatic rings. The van der Waals surface area contributed by atoms with Gasteiger partial charge in [-0.25, -0.2) is 9.67 Å². The molecule has 15 heavy (non-hydrogen) atoms. The smallest absolute Gasteiger partial charge is 0.139 e. The van der Waals surface area contributed by atoms with Crippen molar-refractivity contribution in [2.45, 2.75) is 0 Å². The molecule has 0 saturated heterocycles. The van der Waals surface area contributed by atoms with Crippen LogP contribution in [0.15, 0.2) is 43.0 Å². The third-order valence-electron chi connectivity index (χ3n) is 2.24. The van der Waals surface area contributed by atoms with Gasteiger partial charge in [0, 0.05) is 12.4 Å². The molecule has 0 aliphatic heterocycles. The molecule has 5 heteroatoms. The van der Waals surface area contributed by atoms with Crippen molar-refractivity contribution in [2.75, 3.05) is 5.73 Å². The number of nitrogens with zero attached hydrogens (tertiary/aromatic N) is 4. The van der Waals surface area contributed by atoms with Crippen LogP contribution in [0.25, 0.3) is 11.5 Å². The predicted molar refractivity (Wildman–Crippen MR) is 56.7 cm³/mol. The highest BCUT2D eigenvalue weighted by Crippen LogP contribution is 2.11. The van der Waals surface area contributed by atoms with Crippen LogP contribution in [0.3, 0.4) is 0 Å². The first kappa shape index (κ1) is 8.05. The molecule has 0 fully saturated rings. The number of imidazole rings is 1. The van der Waals surface area contributed by atoms with E-state index in [4.69, 9.17) is 5.73 Å². The summed E-state index contributed by atoms with van der Waals surface area (Å²) < 4.78 is 3.68. The number of hydrogen-bond donors (Lipinski definition) is 1. The van der Waals surface area contributed by atoms with Crippen molar-refractivity contribution in [3.05, 3.63) is 43.0 Å². The third kappa shape index (κ3) is 1.17. The molecule has 0 saturated carbocycles. The molecule has 3 aromatic heterocycles. The summed E-state index contributed by atoms with van der Waals surface area (Å²) in [6.07, 6.45) is 7.04. The molecule has 0 aromatic carbocycles. The van der Waals surface area contributed by atoms with Crippen LogP contribution >= 0.6 is 0 Å². The van der Waals surface area contributed by atoms with Gasteiger partial charge in [-0.1, -0.05) is 6.07 Å². The average molecular weight is 199 g/mol. The van der Waals surface area contributed by atoms with Gasteiger partial charge in [-0.15, -0.1) is 0 Å². The van der Waals surface area contributed by atoms with Crippen molar-refractivity contribution < 1.29 is 0 Å². The van der Waals surface area contributed by atoms with Gasteiger partial charge in [0.2, 0.25) is 0 Å². The molecule has 0 unspecified atom stereocenters. The summed E-state index contributed by atoms with van der Waals surface area (Å²) in [5.74, 6) is 0.918. The number of nitrogens with two attached hydrogens (primary N) is 1. The molecule has 5 nitrogen and oxygen atoms in total. The van der Waals surface area contributed by atoms with E-state index in [2.05, 4.69) is 10.1 Å². The Balaban J connectivity index is 2.30. The van der Waals surface area contributed by atoms with Gasteiger partial charge in [0.15, 0.2) is 0 Å². The highest BCUT2D eigenvalue weighted by molar-refractivity contribution is 5.45. The minimum Gasteiger partial charge on any atom is -0.396 e. The first-order valence-electron chi connectivity index (χ1n) is 4.57. The van der Waals surface area contributed by atoms with Gasteiger partial charge < -0.3 is 5.73 Å². The molecule has 0 aliphatic rings. The van der Waals surface area contributed by atoms with Crippen LogP contribution in [-0.4, -0.2) is 19.2 Å². The second-order valence-electron chi connectivity index (χ2n) is 3.26. The summed E-state index contributed by atoms with van der Waals surface area (Å²) in [4.78, 5) is 4.20. The van der Waals surface area contributed by atoms with Gasteiger partial charge in [0.1, 0.15) is 11.5 Å². The van der Waals surface area contributed by atoms with Crippen LogP contribution in [0.5, 0.6) is 0 Å². The van der Waals surface area contributed by atoms with E-state index in [9.17, 15) is 0 Å². The van der Waals surface area contributed by atoms with Crippen molar-refractivity contribution in [1.82, 2.24) is 19.2 Å². The second kappa shape index (κ2) is 2.84. The largest absolute Gasteiger partial charge is 0.396 e. The van der Waals surface area contributed by atoms with Gasteiger partial charge >= 0.3 is 0 Å². The summed E-state index contributed by atoms with van der Waals surface area (Å²) >= 11 is 0. The predicted octanol–water partition coefficient (Wildman–Crippen LogP) is 1.10. The molecule has 0 amide bonds. The minimum absolute atomic E-state index is 0.645. The fourth-order valence-corrected chi connectivity index (χ4v) is 1.58. The zero-order chi connectivity index (χ0) is 10.3. The average Bonchev–Trinajstić information content (AvgIpc) is 2.84. The maximum absolute atomic E-state index is 5.63.